The van der Waals surface area contributed by atoms with Gasteiger partial charge in [0.25, 0.3) is 0 Å². The molecule has 2 N–H and O–H groups in total. The van der Waals surface area contributed by atoms with E-state index < -0.39 is 5.97 Å². The van der Waals surface area contributed by atoms with Crippen molar-refractivity contribution in [3.05, 3.63) is 41.0 Å². The molecule has 108 valence electrons. The van der Waals surface area contributed by atoms with Crippen LogP contribution in [0, 0.1) is 0 Å². The van der Waals surface area contributed by atoms with Gasteiger partial charge in [-0.1, -0.05) is 25.1 Å². The maximum absolute atomic E-state index is 11.8. The number of thiophene rings is 1. The molecule has 0 saturated carbocycles. The standard InChI is InChI=1S/C16H15NO3S/c1-3-9-13(17)15(16(18)19-2)21-14(9)11-8-20-12-7-5-4-6-10(11)12/h4-8H,3,17H2,1-2H3. The van der Waals surface area contributed by atoms with Crippen LogP contribution in [0.15, 0.2) is 34.9 Å². The van der Waals surface area contributed by atoms with E-state index in [-0.39, 0.29) is 0 Å². The third-order valence-corrected chi connectivity index (χ3v) is 4.76. The second kappa shape index (κ2) is 5.26. The minimum atomic E-state index is -0.397. The smallest absolute Gasteiger partial charge is 0.350 e. The number of benzene rings is 1. The van der Waals surface area contributed by atoms with Crippen molar-refractivity contribution in [1.29, 1.82) is 0 Å². The number of nitrogens with two attached hydrogens (primary N) is 1. The fourth-order valence-corrected chi connectivity index (χ4v) is 3.69. The van der Waals surface area contributed by atoms with Gasteiger partial charge >= 0.3 is 5.97 Å². The molecule has 0 unspecified atom stereocenters. The fourth-order valence-electron chi connectivity index (χ4n) is 2.44. The molecule has 0 aliphatic carbocycles. The highest BCUT2D eigenvalue weighted by Gasteiger charge is 2.23. The van der Waals surface area contributed by atoms with Crippen LogP contribution in [0.25, 0.3) is 21.4 Å². The Kier molecular flexibility index (Phi) is 3.43. The molecule has 0 amide bonds. The molecular weight excluding hydrogens is 286 g/mol. The lowest BCUT2D eigenvalue weighted by Crippen LogP contribution is -2.02. The molecule has 3 aromatic rings. The summed E-state index contributed by atoms with van der Waals surface area (Å²) < 4.78 is 10.4. The zero-order valence-electron chi connectivity index (χ0n) is 11.8. The number of nitrogen functional groups attached to an aromatic ring is 1. The summed E-state index contributed by atoms with van der Waals surface area (Å²) in [5.41, 5.74) is 9.38. The van der Waals surface area contributed by atoms with E-state index in [1.165, 1.54) is 18.4 Å². The first-order valence-corrected chi connectivity index (χ1v) is 7.45. The van der Waals surface area contributed by atoms with Crippen LogP contribution < -0.4 is 5.73 Å². The number of esters is 1. The topological polar surface area (TPSA) is 65.5 Å². The summed E-state index contributed by atoms with van der Waals surface area (Å²) >= 11 is 1.36. The molecule has 0 bridgehead atoms. The number of rotatable bonds is 3. The van der Waals surface area contributed by atoms with E-state index in [1.54, 1.807) is 6.26 Å². The normalized spacial score (nSPS) is 11.0. The number of furan rings is 1. The van der Waals surface area contributed by atoms with E-state index in [4.69, 9.17) is 14.9 Å². The number of hydrogen-bond acceptors (Lipinski definition) is 5. The maximum atomic E-state index is 11.8. The van der Waals surface area contributed by atoms with Crippen molar-refractivity contribution in [3.8, 4) is 10.4 Å². The van der Waals surface area contributed by atoms with Crippen molar-refractivity contribution in [2.45, 2.75) is 13.3 Å². The van der Waals surface area contributed by atoms with Gasteiger partial charge < -0.3 is 14.9 Å². The first-order chi connectivity index (χ1) is 10.2. The van der Waals surface area contributed by atoms with E-state index >= 15 is 0 Å². The lowest BCUT2D eigenvalue weighted by Gasteiger charge is -2.00. The zero-order chi connectivity index (χ0) is 15.0. The number of hydrogen-bond donors (Lipinski definition) is 1. The predicted octanol–water partition coefficient (Wildman–Crippen LogP) is 4.09. The molecular formula is C16H15NO3S. The minimum Gasteiger partial charge on any atom is -0.465 e. The van der Waals surface area contributed by atoms with E-state index in [9.17, 15) is 4.79 Å². The van der Waals surface area contributed by atoms with Gasteiger partial charge in [-0.25, -0.2) is 4.79 Å². The molecule has 0 aliphatic rings. The summed E-state index contributed by atoms with van der Waals surface area (Å²) in [5, 5.41) is 1.02. The summed E-state index contributed by atoms with van der Waals surface area (Å²) in [4.78, 5) is 13.3. The summed E-state index contributed by atoms with van der Waals surface area (Å²) in [5.74, 6) is -0.397. The fraction of sp³-hybridized carbons (Fsp3) is 0.188. The summed E-state index contributed by atoms with van der Waals surface area (Å²) in [7, 11) is 1.36. The molecule has 2 heterocycles. The Bertz CT molecular complexity index is 816. The van der Waals surface area contributed by atoms with Crippen molar-refractivity contribution in [3.63, 3.8) is 0 Å². The molecule has 0 aliphatic heterocycles. The summed E-state index contributed by atoms with van der Waals surface area (Å²) in [6, 6.07) is 7.81. The maximum Gasteiger partial charge on any atom is 0.350 e. The molecule has 2 aromatic heterocycles. The second-order valence-corrected chi connectivity index (χ2v) is 5.66. The van der Waals surface area contributed by atoms with Gasteiger partial charge in [0, 0.05) is 15.8 Å². The van der Waals surface area contributed by atoms with E-state index in [0.29, 0.717) is 10.6 Å². The van der Waals surface area contributed by atoms with Gasteiger partial charge in [-0.05, 0) is 18.1 Å². The molecule has 1 aromatic carbocycles. The van der Waals surface area contributed by atoms with E-state index in [0.717, 1.165) is 33.4 Å². The third kappa shape index (κ3) is 2.10. The van der Waals surface area contributed by atoms with Gasteiger partial charge in [-0.3, -0.25) is 0 Å². The van der Waals surface area contributed by atoms with E-state index in [1.807, 2.05) is 31.2 Å². The lowest BCUT2D eigenvalue weighted by atomic mass is 10.1. The Morgan fingerprint density at radius 3 is 2.86 bits per heavy atom. The Labute approximate surface area is 126 Å². The number of anilines is 1. The third-order valence-electron chi connectivity index (χ3n) is 3.50. The highest BCUT2D eigenvalue weighted by molar-refractivity contribution is 7.18. The molecule has 0 saturated heterocycles. The molecule has 4 nitrogen and oxygen atoms in total. The van der Waals surface area contributed by atoms with Gasteiger partial charge in [0.2, 0.25) is 0 Å². The molecule has 5 heteroatoms. The Morgan fingerprint density at radius 2 is 2.14 bits per heavy atom. The number of methoxy groups -OCH3 is 1. The van der Waals surface area contributed by atoms with Crippen LogP contribution in [0.3, 0.4) is 0 Å². The summed E-state index contributed by atoms with van der Waals surface area (Å²) in [6.45, 7) is 2.02. The first kappa shape index (κ1) is 13.7. The van der Waals surface area contributed by atoms with Crippen molar-refractivity contribution < 1.29 is 13.9 Å². The number of fused-ring (bicyclic) bond motifs is 1. The SMILES string of the molecule is CCc1c(-c2coc3ccccc23)sc(C(=O)OC)c1N. The second-order valence-electron chi connectivity index (χ2n) is 4.64. The highest BCUT2D eigenvalue weighted by atomic mass is 32.1. The highest BCUT2D eigenvalue weighted by Crippen LogP contribution is 2.42. The average molecular weight is 301 g/mol. The number of carbonyl (C=O) groups excluding carboxylic acids is 1. The van der Waals surface area contributed by atoms with Crippen LogP contribution in [0.5, 0.6) is 0 Å². The van der Waals surface area contributed by atoms with Crippen molar-refractivity contribution in [1.82, 2.24) is 0 Å². The molecule has 0 radical (unpaired) electrons. The van der Waals surface area contributed by atoms with Crippen molar-refractivity contribution in [2.75, 3.05) is 12.8 Å². The van der Waals surface area contributed by atoms with Gasteiger partial charge in [0.05, 0.1) is 12.8 Å². The Hall–Kier alpha value is -2.27. The number of carbonyl (C=O) groups is 1. The van der Waals surface area contributed by atoms with Gasteiger partial charge in [-0.15, -0.1) is 11.3 Å². The van der Waals surface area contributed by atoms with Crippen LogP contribution in [0.2, 0.25) is 0 Å². The molecule has 3 rings (SSSR count). The van der Waals surface area contributed by atoms with Crippen molar-refractivity contribution in [2.24, 2.45) is 0 Å². The first-order valence-electron chi connectivity index (χ1n) is 6.63. The minimum absolute atomic E-state index is 0.397. The molecule has 0 spiro atoms. The monoisotopic (exact) mass is 301 g/mol. The van der Waals surface area contributed by atoms with Crippen LogP contribution in [-0.2, 0) is 11.2 Å². The zero-order valence-corrected chi connectivity index (χ0v) is 12.6. The predicted molar refractivity (Wildman–Crippen MR) is 84.7 cm³/mol. The lowest BCUT2D eigenvalue weighted by molar-refractivity contribution is 0.0607. The van der Waals surface area contributed by atoms with Gasteiger partial charge in [0.1, 0.15) is 16.7 Å². The molecule has 0 fully saturated rings. The largest absolute Gasteiger partial charge is 0.465 e. The summed E-state index contributed by atoms with van der Waals surface area (Å²) in [6.07, 6.45) is 2.46. The Morgan fingerprint density at radius 1 is 1.38 bits per heavy atom. The van der Waals surface area contributed by atoms with Crippen LogP contribution in [0.4, 0.5) is 5.69 Å². The Balaban J connectivity index is 2.25. The van der Waals surface area contributed by atoms with Gasteiger partial charge in [-0.2, -0.15) is 0 Å². The van der Waals surface area contributed by atoms with Crippen LogP contribution >= 0.6 is 11.3 Å². The average Bonchev–Trinajstić information content (AvgIpc) is 3.07. The van der Waals surface area contributed by atoms with Crippen LogP contribution in [0.1, 0.15) is 22.2 Å². The molecule has 21 heavy (non-hydrogen) atoms. The molecule has 0 atom stereocenters. The van der Waals surface area contributed by atoms with Crippen molar-refractivity contribution >= 4 is 34.0 Å². The van der Waals surface area contributed by atoms with Crippen LogP contribution in [-0.4, -0.2) is 13.1 Å². The quantitative estimate of drug-likeness (QED) is 0.740. The number of ether oxygens (including phenoxy) is 1. The number of para-hydroxylation sites is 1. The van der Waals surface area contributed by atoms with Gasteiger partial charge in [0.15, 0.2) is 0 Å². The van der Waals surface area contributed by atoms with E-state index in [2.05, 4.69) is 0 Å².